The average Bonchev–Trinajstić information content (AvgIpc) is 3.48. The smallest absolute Gasteiger partial charge is 0.327 e. The molecule has 3 rings (SSSR count). The number of para-hydroxylation sites is 1. The van der Waals surface area contributed by atoms with Gasteiger partial charge in [0.25, 0.3) is 0 Å². The van der Waals surface area contributed by atoms with Crippen molar-refractivity contribution >= 4 is 53.2 Å². The number of hydrogen-bond donors (Lipinski definition) is 7. The Balaban J connectivity index is 1.70. The lowest BCUT2D eigenvalue weighted by Crippen LogP contribution is -2.57. The number of benzene rings is 1. The Kier molecular flexibility index (Phi) is 8.93. The predicted octanol–water partition coefficient (Wildman–Crippen LogP) is -0.513. The van der Waals surface area contributed by atoms with E-state index in [1.807, 2.05) is 24.3 Å². The third-order valence-electron chi connectivity index (χ3n) is 6.08. The number of hydrogen-bond acceptors (Lipinski definition) is 7. The van der Waals surface area contributed by atoms with Crippen molar-refractivity contribution in [2.75, 3.05) is 12.3 Å². The van der Waals surface area contributed by atoms with Crippen LogP contribution in [0.3, 0.4) is 0 Å². The van der Waals surface area contributed by atoms with Crippen molar-refractivity contribution in [1.29, 1.82) is 0 Å². The number of H-pyrrole nitrogens is 1. The first-order valence-corrected chi connectivity index (χ1v) is 12.0. The van der Waals surface area contributed by atoms with Gasteiger partial charge in [-0.3, -0.25) is 19.2 Å². The molecule has 4 atom stereocenters. The molecule has 4 unspecified atom stereocenters. The van der Waals surface area contributed by atoms with Crippen LogP contribution in [-0.4, -0.2) is 86.2 Å². The lowest BCUT2D eigenvalue weighted by atomic mass is 10.0. The fourth-order valence-electron chi connectivity index (χ4n) is 4.24. The highest BCUT2D eigenvalue weighted by Crippen LogP contribution is 2.21. The van der Waals surface area contributed by atoms with Gasteiger partial charge >= 0.3 is 11.9 Å². The minimum absolute atomic E-state index is 0.145. The molecule has 2 aromatic rings. The zero-order chi connectivity index (χ0) is 26.4. The van der Waals surface area contributed by atoms with E-state index in [2.05, 4.69) is 28.2 Å². The minimum Gasteiger partial charge on any atom is -0.481 e. The number of rotatable bonds is 11. The maximum absolute atomic E-state index is 13.2. The first-order chi connectivity index (χ1) is 17.1. The van der Waals surface area contributed by atoms with E-state index in [1.165, 1.54) is 4.90 Å². The number of thiol groups is 1. The van der Waals surface area contributed by atoms with Crippen molar-refractivity contribution in [2.45, 2.75) is 49.9 Å². The van der Waals surface area contributed by atoms with Gasteiger partial charge < -0.3 is 36.5 Å². The first-order valence-electron chi connectivity index (χ1n) is 11.4. The molecular weight excluding hydrogens is 490 g/mol. The van der Waals surface area contributed by atoms with Gasteiger partial charge in [0.05, 0.1) is 12.5 Å². The maximum Gasteiger partial charge on any atom is 0.327 e. The number of aliphatic carboxylic acids is 2. The Labute approximate surface area is 212 Å². The molecule has 1 aromatic heterocycles. The van der Waals surface area contributed by atoms with Crippen LogP contribution in [0.4, 0.5) is 0 Å². The first kappa shape index (κ1) is 27.0. The van der Waals surface area contributed by atoms with Gasteiger partial charge in [0, 0.05) is 29.4 Å². The normalized spacial score (nSPS) is 17.8. The predicted molar refractivity (Wildman–Crippen MR) is 132 cm³/mol. The maximum atomic E-state index is 13.2. The van der Waals surface area contributed by atoms with Crippen molar-refractivity contribution < 1.29 is 34.2 Å². The third kappa shape index (κ3) is 6.34. The monoisotopic (exact) mass is 519 g/mol. The minimum atomic E-state index is -1.45. The molecule has 1 aromatic carbocycles. The van der Waals surface area contributed by atoms with Gasteiger partial charge in [-0.1, -0.05) is 18.2 Å². The summed E-state index contributed by atoms with van der Waals surface area (Å²) in [5.41, 5.74) is 7.75. The molecule has 7 N–H and O–H groups in total. The SMILES string of the molecule is NC(Cc1c[nH]c2ccccc12)C(=O)NC(CC(=O)O)C(=O)N1CCCC1C(=O)NC(CS)C(=O)O. The topological polar surface area (TPSA) is 195 Å². The zero-order valence-electron chi connectivity index (χ0n) is 19.3. The highest BCUT2D eigenvalue weighted by atomic mass is 32.1. The van der Waals surface area contributed by atoms with E-state index in [4.69, 9.17) is 10.8 Å². The molecule has 0 bridgehead atoms. The lowest BCUT2D eigenvalue weighted by molar-refractivity contribution is -0.147. The summed E-state index contributed by atoms with van der Waals surface area (Å²) in [5, 5.41) is 24.1. The number of carbonyl (C=O) groups excluding carboxylic acids is 3. The van der Waals surface area contributed by atoms with Crippen molar-refractivity contribution in [2.24, 2.45) is 5.73 Å². The zero-order valence-corrected chi connectivity index (χ0v) is 20.2. The largest absolute Gasteiger partial charge is 0.481 e. The molecule has 3 amide bonds. The standard InChI is InChI=1S/C23H29N5O7S/c24-14(8-12-10-25-15-5-2-1-4-13(12)15)20(31)26-16(9-19(29)30)22(33)28-7-3-6-18(28)21(32)27-17(11-36)23(34)35/h1-2,4-5,10,14,16-18,25,36H,3,6-9,11,24H2,(H,26,31)(H,27,32)(H,29,30)(H,34,35). The van der Waals surface area contributed by atoms with Gasteiger partial charge in [-0.25, -0.2) is 4.79 Å². The number of amides is 3. The van der Waals surface area contributed by atoms with E-state index >= 15 is 0 Å². The van der Waals surface area contributed by atoms with Crippen LogP contribution in [-0.2, 0) is 30.4 Å². The number of fused-ring (bicyclic) bond motifs is 1. The van der Waals surface area contributed by atoms with Gasteiger partial charge in [0.15, 0.2) is 0 Å². The van der Waals surface area contributed by atoms with E-state index in [0.29, 0.717) is 6.42 Å². The van der Waals surface area contributed by atoms with Crippen LogP contribution in [0.5, 0.6) is 0 Å². The van der Waals surface area contributed by atoms with E-state index in [-0.39, 0.29) is 25.1 Å². The Bertz CT molecular complexity index is 1150. The van der Waals surface area contributed by atoms with E-state index in [9.17, 15) is 29.1 Å². The quantitative estimate of drug-likeness (QED) is 0.193. The molecule has 1 aliphatic rings. The molecule has 0 saturated carbocycles. The highest BCUT2D eigenvalue weighted by molar-refractivity contribution is 7.80. The van der Waals surface area contributed by atoms with Crippen LogP contribution in [0.25, 0.3) is 10.9 Å². The van der Waals surface area contributed by atoms with E-state index in [1.54, 1.807) is 6.20 Å². The molecule has 36 heavy (non-hydrogen) atoms. The van der Waals surface area contributed by atoms with Crippen LogP contribution in [0.15, 0.2) is 30.5 Å². The summed E-state index contributed by atoms with van der Waals surface area (Å²) in [5.74, 6) is -4.87. The fourth-order valence-corrected chi connectivity index (χ4v) is 4.49. The molecule has 0 aliphatic carbocycles. The Morgan fingerprint density at radius 2 is 1.86 bits per heavy atom. The summed E-state index contributed by atoms with van der Waals surface area (Å²) >= 11 is 3.91. The molecule has 1 fully saturated rings. The molecule has 194 valence electrons. The second-order valence-electron chi connectivity index (χ2n) is 8.60. The van der Waals surface area contributed by atoms with Gasteiger partial charge in [-0.2, -0.15) is 12.6 Å². The van der Waals surface area contributed by atoms with Crippen molar-refractivity contribution in [1.82, 2.24) is 20.5 Å². The highest BCUT2D eigenvalue weighted by Gasteiger charge is 2.39. The molecule has 12 nitrogen and oxygen atoms in total. The Hall–Kier alpha value is -3.58. The van der Waals surface area contributed by atoms with Gasteiger partial charge in [0.2, 0.25) is 17.7 Å². The van der Waals surface area contributed by atoms with Crippen LogP contribution in [0, 0.1) is 0 Å². The molecule has 1 aliphatic heterocycles. The number of carboxylic acid groups (broad SMARTS) is 2. The molecule has 13 heteroatoms. The van der Waals surface area contributed by atoms with Gasteiger partial charge in [0.1, 0.15) is 18.1 Å². The summed E-state index contributed by atoms with van der Waals surface area (Å²) in [6.45, 7) is 0.156. The van der Waals surface area contributed by atoms with Crippen LogP contribution in [0.2, 0.25) is 0 Å². The molecular formula is C23H29N5O7S. The summed E-state index contributed by atoms with van der Waals surface area (Å²) in [7, 11) is 0. The van der Waals surface area contributed by atoms with Crippen molar-refractivity contribution in [3.8, 4) is 0 Å². The second-order valence-corrected chi connectivity index (χ2v) is 8.97. The molecule has 1 saturated heterocycles. The van der Waals surface area contributed by atoms with E-state index in [0.717, 1.165) is 16.5 Å². The lowest BCUT2D eigenvalue weighted by Gasteiger charge is -2.29. The summed E-state index contributed by atoms with van der Waals surface area (Å²) in [4.78, 5) is 65.7. The molecule has 0 radical (unpaired) electrons. The Morgan fingerprint density at radius 3 is 2.53 bits per heavy atom. The number of nitrogens with zero attached hydrogens (tertiary/aromatic N) is 1. The average molecular weight is 520 g/mol. The van der Waals surface area contributed by atoms with Gasteiger partial charge in [-0.05, 0) is 30.9 Å². The number of nitrogens with two attached hydrogens (primary N) is 1. The third-order valence-corrected chi connectivity index (χ3v) is 6.45. The number of carboxylic acids is 2. The summed E-state index contributed by atoms with van der Waals surface area (Å²) in [6.07, 6.45) is 1.91. The van der Waals surface area contributed by atoms with Crippen LogP contribution < -0.4 is 16.4 Å². The number of carbonyl (C=O) groups is 5. The number of likely N-dealkylation sites (tertiary alicyclic amines) is 1. The van der Waals surface area contributed by atoms with Crippen LogP contribution >= 0.6 is 12.6 Å². The van der Waals surface area contributed by atoms with Crippen LogP contribution in [0.1, 0.15) is 24.8 Å². The molecule has 2 heterocycles. The van der Waals surface area contributed by atoms with Crippen molar-refractivity contribution in [3.05, 3.63) is 36.0 Å². The number of aromatic nitrogens is 1. The number of aromatic amines is 1. The van der Waals surface area contributed by atoms with Gasteiger partial charge in [-0.15, -0.1) is 0 Å². The second kappa shape index (κ2) is 11.9. The fraction of sp³-hybridized carbons (Fsp3) is 0.435. The summed E-state index contributed by atoms with van der Waals surface area (Å²) < 4.78 is 0. The summed E-state index contributed by atoms with van der Waals surface area (Å²) in [6, 6.07) is 2.74. The molecule has 0 spiro atoms. The Morgan fingerprint density at radius 1 is 1.14 bits per heavy atom. The number of nitrogens with one attached hydrogen (secondary N) is 3. The van der Waals surface area contributed by atoms with Crippen molar-refractivity contribution in [3.63, 3.8) is 0 Å². The van der Waals surface area contributed by atoms with E-state index < -0.39 is 60.2 Å².